The number of hydrogen-bond donors (Lipinski definition) is 0. The van der Waals surface area contributed by atoms with E-state index in [2.05, 4.69) is 9.55 Å². The van der Waals surface area contributed by atoms with E-state index in [4.69, 9.17) is 16.9 Å². The molecule has 2 aromatic heterocycles. The predicted octanol–water partition coefficient (Wildman–Crippen LogP) is 2.77. The first-order valence-corrected chi connectivity index (χ1v) is 9.45. The Morgan fingerprint density at radius 3 is 2.84 bits per heavy atom. The summed E-state index contributed by atoms with van der Waals surface area (Å²) in [6, 6.07) is 12.4. The van der Waals surface area contributed by atoms with Crippen LogP contribution < -0.4 is 0 Å². The van der Waals surface area contributed by atoms with Crippen LogP contribution in [0.2, 0.25) is 5.02 Å². The van der Waals surface area contributed by atoms with Crippen LogP contribution in [-0.4, -0.2) is 28.8 Å². The van der Waals surface area contributed by atoms with Gasteiger partial charge in [-0.15, -0.1) is 0 Å². The molecule has 0 radical (unpaired) electrons. The lowest BCUT2D eigenvalue weighted by Crippen LogP contribution is -2.38. The molecule has 3 aromatic rings. The lowest BCUT2D eigenvalue weighted by molar-refractivity contribution is 0.345. The van der Waals surface area contributed by atoms with Gasteiger partial charge in [-0.2, -0.15) is 9.57 Å². The number of hydrogen-bond acceptors (Lipinski definition) is 4. The van der Waals surface area contributed by atoms with Gasteiger partial charge in [-0.3, -0.25) is 0 Å². The van der Waals surface area contributed by atoms with E-state index >= 15 is 0 Å². The Kier molecular flexibility index (Phi) is 3.76. The summed E-state index contributed by atoms with van der Waals surface area (Å²) in [7, 11) is -3.78. The molecule has 0 saturated carbocycles. The monoisotopic (exact) mass is 372 g/mol. The Hall–Kier alpha value is -2.40. The normalized spacial score (nSPS) is 15.0. The Morgan fingerprint density at radius 2 is 2.04 bits per heavy atom. The number of benzene rings is 1. The number of nitriles is 1. The molecule has 0 amide bonds. The largest absolute Gasteiger partial charge is 0.342 e. The van der Waals surface area contributed by atoms with Gasteiger partial charge in [0.2, 0.25) is 10.0 Å². The second-order valence-electron chi connectivity index (χ2n) is 5.79. The highest BCUT2D eigenvalue weighted by molar-refractivity contribution is 7.89. The maximum atomic E-state index is 13.0. The quantitative estimate of drug-likeness (QED) is 0.692. The zero-order valence-electron chi connectivity index (χ0n) is 13.1. The van der Waals surface area contributed by atoms with Gasteiger partial charge in [0.15, 0.2) is 5.69 Å². The molecule has 0 unspecified atom stereocenters. The summed E-state index contributed by atoms with van der Waals surface area (Å²) in [6.07, 6.45) is 1.41. The average Bonchev–Trinajstić information content (AvgIpc) is 2.98. The van der Waals surface area contributed by atoms with E-state index < -0.39 is 10.0 Å². The molecule has 25 heavy (non-hydrogen) atoms. The fraction of sp³-hybridized carbons (Fsp3) is 0.176. The first-order chi connectivity index (χ1) is 12.0. The lowest BCUT2D eigenvalue weighted by atomic mass is 10.2. The zero-order chi connectivity index (χ0) is 17.6. The number of rotatable bonds is 2. The second-order valence-corrected chi connectivity index (χ2v) is 8.13. The van der Waals surface area contributed by atoms with Crippen LogP contribution in [0.5, 0.6) is 0 Å². The molecular formula is C17H13ClN4O2S. The summed E-state index contributed by atoms with van der Waals surface area (Å²) in [6.45, 7) is 1.10. The number of sulfonamides is 1. The van der Waals surface area contributed by atoms with E-state index in [-0.39, 0.29) is 17.1 Å². The average molecular weight is 373 g/mol. The van der Waals surface area contributed by atoms with Gasteiger partial charge in [-0.1, -0.05) is 17.7 Å². The van der Waals surface area contributed by atoms with Gasteiger partial charge in [-0.25, -0.2) is 13.4 Å². The maximum absolute atomic E-state index is 13.0. The third kappa shape index (κ3) is 2.59. The van der Waals surface area contributed by atoms with Crippen molar-refractivity contribution in [1.29, 1.82) is 5.26 Å². The molecule has 0 bridgehead atoms. The van der Waals surface area contributed by atoms with E-state index in [0.29, 0.717) is 18.1 Å². The zero-order valence-corrected chi connectivity index (χ0v) is 14.6. The van der Waals surface area contributed by atoms with Crippen molar-refractivity contribution in [2.45, 2.75) is 18.0 Å². The molecule has 0 saturated heterocycles. The fourth-order valence-electron chi connectivity index (χ4n) is 3.18. The smallest absolute Gasteiger partial charge is 0.246 e. The first-order valence-electron chi connectivity index (χ1n) is 7.63. The maximum Gasteiger partial charge on any atom is 0.246 e. The van der Waals surface area contributed by atoms with Crippen molar-refractivity contribution in [3.05, 3.63) is 59.0 Å². The molecule has 0 spiro atoms. The molecule has 1 aromatic carbocycles. The van der Waals surface area contributed by atoms with Crippen molar-refractivity contribution in [3.8, 4) is 6.07 Å². The minimum absolute atomic E-state index is 0.0508. The highest BCUT2D eigenvalue weighted by Crippen LogP contribution is 2.29. The van der Waals surface area contributed by atoms with Gasteiger partial charge >= 0.3 is 0 Å². The molecule has 1 aliphatic rings. The molecule has 1 aliphatic heterocycles. The molecule has 0 atom stereocenters. The number of fused-ring (bicyclic) bond motifs is 3. The van der Waals surface area contributed by atoms with Crippen LogP contribution in [0.3, 0.4) is 0 Å². The Balaban J connectivity index is 1.75. The topological polar surface area (TPSA) is 79.0 Å². The SMILES string of the molecule is N#Cc1ncccc1S(=O)(=O)N1CCn2c(cc3ccc(Cl)cc32)C1. The third-order valence-electron chi connectivity index (χ3n) is 4.36. The molecule has 0 fully saturated rings. The summed E-state index contributed by atoms with van der Waals surface area (Å²) >= 11 is 6.08. The summed E-state index contributed by atoms with van der Waals surface area (Å²) in [4.78, 5) is 3.81. The van der Waals surface area contributed by atoms with Crippen LogP contribution in [0.4, 0.5) is 0 Å². The van der Waals surface area contributed by atoms with Crippen LogP contribution in [0.15, 0.2) is 47.5 Å². The minimum Gasteiger partial charge on any atom is -0.342 e. The molecule has 0 N–H and O–H groups in total. The first kappa shape index (κ1) is 16.1. The summed E-state index contributed by atoms with van der Waals surface area (Å²) < 4.78 is 29.4. The number of aromatic nitrogens is 2. The van der Waals surface area contributed by atoms with Gasteiger partial charge < -0.3 is 4.57 Å². The Labute approximate surface area is 149 Å². The number of nitrogens with zero attached hydrogens (tertiary/aromatic N) is 4. The van der Waals surface area contributed by atoms with Crippen molar-refractivity contribution < 1.29 is 8.42 Å². The fourth-order valence-corrected chi connectivity index (χ4v) is 4.84. The van der Waals surface area contributed by atoms with E-state index in [1.165, 1.54) is 22.6 Å². The standard InChI is InChI=1S/C17H13ClN4O2S/c18-13-4-3-12-8-14-11-21(6-7-22(14)16(12)9-13)25(23,24)17-2-1-5-20-15(17)10-19/h1-5,8-9H,6-7,11H2. The summed E-state index contributed by atoms with van der Waals surface area (Å²) in [5.74, 6) is 0. The second kappa shape index (κ2) is 5.85. The summed E-state index contributed by atoms with van der Waals surface area (Å²) in [5, 5.41) is 10.8. The lowest BCUT2D eigenvalue weighted by Gasteiger charge is -2.28. The Morgan fingerprint density at radius 1 is 1.20 bits per heavy atom. The van der Waals surface area contributed by atoms with Gasteiger partial charge in [0.05, 0.1) is 6.54 Å². The predicted molar refractivity (Wildman–Crippen MR) is 93.5 cm³/mol. The van der Waals surface area contributed by atoms with E-state index in [0.717, 1.165) is 16.6 Å². The summed E-state index contributed by atoms with van der Waals surface area (Å²) in [5.41, 5.74) is 1.81. The molecule has 4 rings (SSSR count). The van der Waals surface area contributed by atoms with Crippen molar-refractivity contribution in [3.63, 3.8) is 0 Å². The van der Waals surface area contributed by atoms with Crippen LogP contribution in [0.1, 0.15) is 11.4 Å². The van der Waals surface area contributed by atoms with Gasteiger partial charge in [-0.05, 0) is 30.3 Å². The minimum atomic E-state index is -3.78. The molecule has 0 aliphatic carbocycles. The van der Waals surface area contributed by atoms with Crippen LogP contribution in [0.25, 0.3) is 10.9 Å². The highest BCUT2D eigenvalue weighted by Gasteiger charge is 2.31. The number of halogens is 1. The van der Waals surface area contributed by atoms with Crippen molar-refractivity contribution >= 4 is 32.5 Å². The Bertz CT molecular complexity index is 1130. The van der Waals surface area contributed by atoms with E-state index in [1.54, 1.807) is 0 Å². The van der Waals surface area contributed by atoms with Crippen LogP contribution in [0, 0.1) is 11.3 Å². The van der Waals surface area contributed by atoms with Gasteiger partial charge in [0, 0.05) is 40.9 Å². The van der Waals surface area contributed by atoms with Gasteiger partial charge in [0.1, 0.15) is 11.0 Å². The molecule has 3 heterocycles. The molecule has 126 valence electrons. The third-order valence-corrected chi connectivity index (χ3v) is 6.47. The van der Waals surface area contributed by atoms with Crippen molar-refractivity contribution in [1.82, 2.24) is 13.9 Å². The highest BCUT2D eigenvalue weighted by atomic mass is 35.5. The molecular weight excluding hydrogens is 360 g/mol. The molecule has 8 heteroatoms. The van der Waals surface area contributed by atoms with Crippen LogP contribution in [-0.2, 0) is 23.1 Å². The van der Waals surface area contributed by atoms with Crippen molar-refractivity contribution in [2.75, 3.05) is 6.54 Å². The molecule has 6 nitrogen and oxygen atoms in total. The van der Waals surface area contributed by atoms with Crippen molar-refractivity contribution in [2.24, 2.45) is 0 Å². The van der Waals surface area contributed by atoms with Crippen LogP contribution >= 0.6 is 11.6 Å². The number of pyridine rings is 1. The van der Waals surface area contributed by atoms with E-state index in [1.807, 2.05) is 30.3 Å². The van der Waals surface area contributed by atoms with Gasteiger partial charge in [0.25, 0.3) is 0 Å². The van der Waals surface area contributed by atoms with E-state index in [9.17, 15) is 8.42 Å².